The van der Waals surface area contributed by atoms with Gasteiger partial charge in [-0.2, -0.15) is 0 Å². The Morgan fingerprint density at radius 1 is 0.480 bits per heavy atom. The van der Waals surface area contributed by atoms with Crippen LogP contribution in [0.25, 0.3) is 96.7 Å². The van der Waals surface area contributed by atoms with Crippen LogP contribution in [0.5, 0.6) is 0 Å². The van der Waals surface area contributed by atoms with Gasteiger partial charge in [0.05, 0.1) is 5.39 Å². The van der Waals surface area contributed by atoms with E-state index in [9.17, 15) is 0 Å². The molecule has 4 heteroatoms. The summed E-state index contributed by atoms with van der Waals surface area (Å²) in [5.41, 5.74) is 8.81. The number of thiophene rings is 1. The van der Waals surface area contributed by atoms with Crippen LogP contribution in [0.15, 0.2) is 153 Å². The molecule has 50 heavy (non-hydrogen) atoms. The van der Waals surface area contributed by atoms with Crippen LogP contribution in [0.3, 0.4) is 0 Å². The van der Waals surface area contributed by atoms with Gasteiger partial charge in [0.15, 0.2) is 0 Å². The van der Waals surface area contributed by atoms with Crippen molar-refractivity contribution >= 4 is 109 Å². The second-order valence-electron chi connectivity index (χ2n) is 13.4. The summed E-state index contributed by atoms with van der Waals surface area (Å²) in [6.45, 7) is 0. The number of fused-ring (bicyclic) bond motifs is 14. The summed E-state index contributed by atoms with van der Waals surface area (Å²) in [7, 11) is 0. The Balaban J connectivity index is 1.07. The molecule has 2 nitrogen and oxygen atoms in total. The standard InChI is InChI=1S/C46H26O2S2/c1-3-12-30-28(10-1)41(25-17-19-33-37(23-25)47-36-21-20-32-27-9-5-7-15-35(27)48-45(32)43(33)36)29-11-2-4-13-31(29)42(30)40-24-26-18-22-39-44(46(26)50-40)34-14-6-8-16-38(34)49-39/h1-23,40H,24H2. The fourth-order valence-electron chi connectivity index (χ4n) is 8.69. The molecule has 1 aliphatic heterocycles. The molecular weight excluding hydrogens is 649 g/mol. The van der Waals surface area contributed by atoms with Gasteiger partial charge in [0.1, 0.15) is 22.3 Å². The Labute approximate surface area is 294 Å². The minimum Gasteiger partial charge on any atom is -0.456 e. The van der Waals surface area contributed by atoms with Crippen LogP contribution in [0.4, 0.5) is 0 Å². The fraction of sp³-hybridized carbons (Fsp3) is 0.0435. The first-order chi connectivity index (χ1) is 24.8. The van der Waals surface area contributed by atoms with Crippen molar-refractivity contribution in [3.8, 4) is 11.1 Å². The van der Waals surface area contributed by atoms with E-state index in [2.05, 4.69) is 139 Å². The molecule has 11 aromatic rings. The van der Waals surface area contributed by atoms with Gasteiger partial charge in [0.2, 0.25) is 0 Å². The summed E-state index contributed by atoms with van der Waals surface area (Å²) in [5.74, 6) is 0. The van der Waals surface area contributed by atoms with Crippen LogP contribution < -0.4 is 0 Å². The summed E-state index contributed by atoms with van der Waals surface area (Å²) in [6.07, 6.45) is 1.02. The number of hydrogen-bond acceptors (Lipinski definition) is 4. The van der Waals surface area contributed by atoms with Gasteiger partial charge < -0.3 is 8.83 Å². The van der Waals surface area contributed by atoms with Crippen molar-refractivity contribution in [3.05, 3.63) is 151 Å². The van der Waals surface area contributed by atoms with E-state index in [1.54, 1.807) is 0 Å². The van der Waals surface area contributed by atoms with Crippen molar-refractivity contribution in [1.82, 2.24) is 0 Å². The lowest BCUT2D eigenvalue weighted by Crippen LogP contribution is -1.98. The van der Waals surface area contributed by atoms with E-state index in [1.165, 1.54) is 63.3 Å². The van der Waals surface area contributed by atoms with Crippen molar-refractivity contribution in [3.63, 3.8) is 0 Å². The molecule has 0 saturated heterocycles. The normalized spacial score (nSPS) is 14.8. The molecule has 0 amide bonds. The highest BCUT2D eigenvalue weighted by atomic mass is 32.2. The lowest BCUT2D eigenvalue weighted by molar-refractivity contribution is 0.663. The Kier molecular flexibility index (Phi) is 5.46. The number of hydrogen-bond donors (Lipinski definition) is 0. The zero-order valence-corrected chi connectivity index (χ0v) is 28.3. The Bertz CT molecular complexity index is 3170. The van der Waals surface area contributed by atoms with Crippen LogP contribution >= 0.6 is 23.1 Å². The maximum atomic E-state index is 6.58. The van der Waals surface area contributed by atoms with Crippen molar-refractivity contribution in [1.29, 1.82) is 0 Å². The lowest BCUT2D eigenvalue weighted by Gasteiger charge is -2.20. The highest BCUT2D eigenvalue weighted by Gasteiger charge is 2.30. The van der Waals surface area contributed by atoms with E-state index in [1.807, 2.05) is 23.5 Å². The molecule has 0 radical (unpaired) electrons. The number of para-hydroxylation sites is 1. The van der Waals surface area contributed by atoms with Gasteiger partial charge in [0.25, 0.3) is 0 Å². The number of rotatable bonds is 2. The predicted molar refractivity (Wildman–Crippen MR) is 213 cm³/mol. The van der Waals surface area contributed by atoms with Crippen molar-refractivity contribution in [2.24, 2.45) is 0 Å². The van der Waals surface area contributed by atoms with Gasteiger partial charge in [-0.05, 0) is 92.7 Å². The highest BCUT2D eigenvalue weighted by Crippen LogP contribution is 2.55. The molecule has 0 fully saturated rings. The van der Waals surface area contributed by atoms with Crippen LogP contribution in [0, 0.1) is 0 Å². The molecule has 0 aliphatic carbocycles. The SMILES string of the molecule is c1ccc2c(c1)oc1c2ccc2oc3cc(-c4c5ccccc5c(C5Cc6ccc7sc8ccccc8c7c6S5)c5ccccc45)ccc3c21. The van der Waals surface area contributed by atoms with E-state index in [0.717, 1.165) is 55.9 Å². The average Bonchev–Trinajstić information content (AvgIpc) is 3.94. The molecule has 1 unspecified atom stereocenters. The fourth-order valence-corrected chi connectivity index (χ4v) is 11.4. The minimum atomic E-state index is 0.321. The molecule has 12 rings (SSSR count). The minimum absolute atomic E-state index is 0.321. The third-order valence-electron chi connectivity index (χ3n) is 10.8. The van der Waals surface area contributed by atoms with E-state index < -0.39 is 0 Å². The molecule has 1 aliphatic rings. The first-order valence-electron chi connectivity index (χ1n) is 17.1. The van der Waals surface area contributed by atoms with Crippen LogP contribution in [0.2, 0.25) is 0 Å². The summed E-state index contributed by atoms with van der Waals surface area (Å²) in [4.78, 5) is 1.45. The summed E-state index contributed by atoms with van der Waals surface area (Å²) >= 11 is 3.97. The van der Waals surface area contributed by atoms with Gasteiger partial charge in [-0.3, -0.25) is 0 Å². The Morgan fingerprint density at radius 3 is 2.00 bits per heavy atom. The molecule has 1 atom stereocenters. The Morgan fingerprint density at radius 2 is 1.18 bits per heavy atom. The maximum Gasteiger partial charge on any atom is 0.147 e. The monoisotopic (exact) mass is 674 g/mol. The molecule has 8 aromatic carbocycles. The average molecular weight is 675 g/mol. The number of furan rings is 2. The van der Waals surface area contributed by atoms with E-state index >= 15 is 0 Å². The molecule has 4 heterocycles. The maximum absolute atomic E-state index is 6.58. The number of thioether (sulfide) groups is 1. The van der Waals surface area contributed by atoms with Crippen LogP contribution in [0.1, 0.15) is 16.4 Å². The van der Waals surface area contributed by atoms with Crippen LogP contribution in [-0.4, -0.2) is 0 Å². The summed E-state index contributed by atoms with van der Waals surface area (Å²) in [6, 6.07) is 50.8. The van der Waals surface area contributed by atoms with Crippen molar-refractivity contribution in [2.75, 3.05) is 0 Å². The van der Waals surface area contributed by atoms with Crippen molar-refractivity contribution < 1.29 is 8.83 Å². The van der Waals surface area contributed by atoms with Gasteiger partial charge in [-0.1, -0.05) is 97.1 Å². The molecule has 3 aromatic heterocycles. The van der Waals surface area contributed by atoms with E-state index in [-0.39, 0.29) is 0 Å². The van der Waals surface area contributed by atoms with E-state index in [0.29, 0.717) is 5.25 Å². The lowest BCUT2D eigenvalue weighted by atomic mass is 9.86. The Hall–Kier alpha value is -5.55. The highest BCUT2D eigenvalue weighted by molar-refractivity contribution is 8.00. The van der Waals surface area contributed by atoms with Crippen molar-refractivity contribution in [2.45, 2.75) is 16.6 Å². The molecule has 0 N–H and O–H groups in total. The summed E-state index contributed by atoms with van der Waals surface area (Å²) < 4.78 is 15.8. The van der Waals surface area contributed by atoms with Gasteiger partial charge >= 0.3 is 0 Å². The topological polar surface area (TPSA) is 26.3 Å². The molecule has 0 spiro atoms. The first-order valence-corrected chi connectivity index (χ1v) is 18.8. The zero-order chi connectivity index (χ0) is 32.5. The van der Waals surface area contributed by atoms with Gasteiger partial charge in [-0.25, -0.2) is 0 Å². The number of benzene rings is 8. The molecular formula is C46H26O2S2. The molecule has 0 saturated carbocycles. The smallest absolute Gasteiger partial charge is 0.147 e. The summed E-state index contributed by atoms with van der Waals surface area (Å²) in [5, 5.41) is 12.7. The second kappa shape index (κ2) is 10.0. The molecule has 0 bridgehead atoms. The van der Waals surface area contributed by atoms with E-state index in [4.69, 9.17) is 8.83 Å². The second-order valence-corrected chi connectivity index (χ2v) is 15.7. The predicted octanol–water partition coefficient (Wildman–Crippen LogP) is 14.2. The molecule has 234 valence electrons. The quantitative estimate of drug-likeness (QED) is 0.171. The van der Waals surface area contributed by atoms with Gasteiger partial charge in [-0.15, -0.1) is 23.1 Å². The van der Waals surface area contributed by atoms with Crippen LogP contribution in [-0.2, 0) is 6.42 Å². The third-order valence-corrected chi connectivity index (χ3v) is 13.3. The largest absolute Gasteiger partial charge is 0.456 e. The zero-order valence-electron chi connectivity index (χ0n) is 26.7. The first kappa shape index (κ1) is 27.3. The third kappa shape index (κ3) is 3.65. The van der Waals surface area contributed by atoms with Gasteiger partial charge in [0, 0.05) is 46.5 Å².